The number of hydrogen-bond donors (Lipinski definition) is 0. The summed E-state index contributed by atoms with van der Waals surface area (Å²) in [4.78, 5) is 32.5. The van der Waals surface area contributed by atoms with E-state index in [0.29, 0.717) is 17.8 Å². The van der Waals surface area contributed by atoms with E-state index in [4.69, 9.17) is 4.74 Å². The molecule has 18 heavy (non-hydrogen) atoms. The van der Waals surface area contributed by atoms with Crippen molar-refractivity contribution in [3.05, 3.63) is 33.9 Å². The van der Waals surface area contributed by atoms with Gasteiger partial charge in [-0.3, -0.25) is 19.7 Å². The van der Waals surface area contributed by atoms with Gasteiger partial charge in [-0.25, -0.2) is 0 Å². The van der Waals surface area contributed by atoms with Crippen molar-refractivity contribution in [1.82, 2.24) is 0 Å². The second-order valence-electron chi connectivity index (χ2n) is 3.19. The Labute approximate surface area is 107 Å². The van der Waals surface area contributed by atoms with Gasteiger partial charge in [0.05, 0.1) is 17.3 Å². The molecule has 0 amide bonds. The summed E-state index contributed by atoms with van der Waals surface area (Å²) < 4.78 is 4.74. The Morgan fingerprint density at radius 2 is 2.28 bits per heavy atom. The van der Waals surface area contributed by atoms with E-state index in [9.17, 15) is 19.7 Å². The van der Waals surface area contributed by atoms with E-state index in [1.807, 2.05) is 0 Å². The molecule has 0 fully saturated rings. The maximum atomic E-state index is 11.2. The minimum atomic E-state index is -0.577. The Kier molecular flexibility index (Phi) is 5.31. The van der Waals surface area contributed by atoms with E-state index >= 15 is 0 Å². The SMILES string of the molecule is CCOC(=O)CSc1ccc([N+](=O)[O-])cc1C=O. The second kappa shape index (κ2) is 6.75. The summed E-state index contributed by atoms with van der Waals surface area (Å²) in [6.07, 6.45) is 0.528. The van der Waals surface area contributed by atoms with Crippen molar-refractivity contribution in [3.63, 3.8) is 0 Å². The Bertz CT molecular complexity index is 475. The molecule has 6 nitrogen and oxygen atoms in total. The van der Waals surface area contributed by atoms with Crippen LogP contribution in [0.1, 0.15) is 17.3 Å². The first-order chi connectivity index (χ1) is 8.58. The molecule has 0 atom stereocenters. The maximum Gasteiger partial charge on any atom is 0.316 e. The van der Waals surface area contributed by atoms with E-state index in [0.717, 1.165) is 11.8 Å². The number of nitrogens with zero attached hydrogens (tertiary/aromatic N) is 1. The first-order valence-electron chi connectivity index (χ1n) is 5.10. The van der Waals surface area contributed by atoms with E-state index in [-0.39, 0.29) is 17.0 Å². The largest absolute Gasteiger partial charge is 0.465 e. The predicted octanol–water partition coefficient (Wildman–Crippen LogP) is 2.06. The van der Waals surface area contributed by atoms with Crippen LogP contribution in [-0.2, 0) is 9.53 Å². The molecule has 0 N–H and O–H groups in total. The molecule has 0 aliphatic heterocycles. The van der Waals surface area contributed by atoms with Gasteiger partial charge in [-0.2, -0.15) is 0 Å². The molecule has 7 heteroatoms. The number of carbonyl (C=O) groups is 2. The molecule has 0 spiro atoms. The smallest absolute Gasteiger partial charge is 0.316 e. The summed E-state index contributed by atoms with van der Waals surface area (Å²) in [6.45, 7) is 1.99. The number of benzene rings is 1. The third-order valence-corrected chi connectivity index (χ3v) is 3.04. The monoisotopic (exact) mass is 269 g/mol. The first-order valence-corrected chi connectivity index (χ1v) is 6.09. The van der Waals surface area contributed by atoms with Gasteiger partial charge in [-0.15, -0.1) is 11.8 Å². The van der Waals surface area contributed by atoms with E-state index < -0.39 is 10.9 Å². The predicted molar refractivity (Wildman–Crippen MR) is 65.8 cm³/mol. The number of nitro benzene ring substituents is 1. The van der Waals surface area contributed by atoms with Crippen LogP contribution in [0.5, 0.6) is 0 Å². The Balaban J connectivity index is 2.80. The number of carbonyl (C=O) groups excluding carboxylic acids is 2. The number of nitro groups is 1. The van der Waals surface area contributed by atoms with Crippen LogP contribution >= 0.6 is 11.8 Å². The fourth-order valence-electron chi connectivity index (χ4n) is 1.21. The van der Waals surface area contributed by atoms with Crippen LogP contribution in [0.2, 0.25) is 0 Å². The average molecular weight is 269 g/mol. The fraction of sp³-hybridized carbons (Fsp3) is 0.273. The van der Waals surface area contributed by atoms with Crippen molar-refractivity contribution in [2.75, 3.05) is 12.4 Å². The molecule has 0 unspecified atom stereocenters. The zero-order valence-electron chi connectivity index (χ0n) is 9.62. The maximum absolute atomic E-state index is 11.2. The summed E-state index contributed by atoms with van der Waals surface area (Å²) in [5.41, 5.74) is 0.0380. The normalized spacial score (nSPS) is 9.83. The highest BCUT2D eigenvalue weighted by Crippen LogP contribution is 2.25. The molecule has 0 aliphatic rings. The Hall–Kier alpha value is -1.89. The summed E-state index contributed by atoms with van der Waals surface area (Å²) >= 11 is 1.11. The summed E-state index contributed by atoms with van der Waals surface area (Å²) in [5, 5.41) is 10.5. The molecule has 96 valence electrons. The number of esters is 1. The van der Waals surface area contributed by atoms with Crippen LogP contribution < -0.4 is 0 Å². The lowest BCUT2D eigenvalue weighted by molar-refractivity contribution is -0.384. The van der Waals surface area contributed by atoms with Gasteiger partial charge < -0.3 is 4.74 Å². The zero-order chi connectivity index (χ0) is 13.5. The highest BCUT2D eigenvalue weighted by Gasteiger charge is 2.12. The molecule has 1 rings (SSSR count). The third kappa shape index (κ3) is 3.85. The molecular formula is C11H11NO5S. The summed E-state index contributed by atoms with van der Waals surface area (Å²) in [6, 6.07) is 3.92. The van der Waals surface area contributed by atoms with Gasteiger partial charge in [0.1, 0.15) is 0 Å². The molecule has 0 heterocycles. The van der Waals surface area contributed by atoms with Crippen molar-refractivity contribution >= 4 is 29.7 Å². The third-order valence-electron chi connectivity index (χ3n) is 1.98. The summed E-state index contributed by atoms with van der Waals surface area (Å²) in [5.74, 6) is -0.329. The van der Waals surface area contributed by atoms with Crippen molar-refractivity contribution in [2.45, 2.75) is 11.8 Å². The average Bonchev–Trinajstić information content (AvgIpc) is 2.36. The Morgan fingerprint density at radius 3 is 2.83 bits per heavy atom. The van der Waals surface area contributed by atoms with Crippen LogP contribution in [0, 0.1) is 10.1 Å². The molecule has 0 bridgehead atoms. The van der Waals surface area contributed by atoms with Crippen LogP contribution in [0.25, 0.3) is 0 Å². The molecule has 0 saturated heterocycles. The van der Waals surface area contributed by atoms with Crippen LogP contribution in [-0.4, -0.2) is 29.5 Å². The number of thioether (sulfide) groups is 1. The minimum Gasteiger partial charge on any atom is -0.465 e. The molecule has 0 radical (unpaired) electrons. The number of aldehydes is 1. The standard InChI is InChI=1S/C11H11NO5S/c1-2-17-11(14)7-18-10-4-3-9(12(15)16)5-8(10)6-13/h3-6H,2,7H2,1H3. The Morgan fingerprint density at radius 1 is 1.56 bits per heavy atom. The molecule has 0 aliphatic carbocycles. The quantitative estimate of drug-likeness (QED) is 0.258. The van der Waals surface area contributed by atoms with Gasteiger partial charge in [0.25, 0.3) is 5.69 Å². The molecular weight excluding hydrogens is 258 g/mol. The van der Waals surface area contributed by atoms with Crippen molar-refractivity contribution in [1.29, 1.82) is 0 Å². The highest BCUT2D eigenvalue weighted by atomic mass is 32.2. The lowest BCUT2D eigenvalue weighted by Crippen LogP contribution is -2.06. The van der Waals surface area contributed by atoms with Gasteiger partial charge in [-0.1, -0.05) is 0 Å². The zero-order valence-corrected chi connectivity index (χ0v) is 10.4. The minimum absolute atomic E-state index is 0.0620. The van der Waals surface area contributed by atoms with Crippen LogP contribution in [0.3, 0.4) is 0 Å². The van der Waals surface area contributed by atoms with Crippen LogP contribution in [0.15, 0.2) is 23.1 Å². The van der Waals surface area contributed by atoms with Gasteiger partial charge >= 0.3 is 5.97 Å². The molecule has 0 saturated carbocycles. The van der Waals surface area contributed by atoms with Gasteiger partial charge in [0.15, 0.2) is 6.29 Å². The lowest BCUT2D eigenvalue weighted by Gasteiger charge is -2.04. The second-order valence-corrected chi connectivity index (χ2v) is 4.21. The van der Waals surface area contributed by atoms with Crippen LogP contribution in [0.4, 0.5) is 5.69 Å². The topological polar surface area (TPSA) is 86.5 Å². The fourth-order valence-corrected chi connectivity index (χ4v) is 2.01. The van der Waals surface area contributed by atoms with Crippen molar-refractivity contribution < 1.29 is 19.2 Å². The van der Waals surface area contributed by atoms with E-state index in [1.54, 1.807) is 6.92 Å². The number of rotatable bonds is 6. The number of ether oxygens (including phenoxy) is 1. The summed E-state index contributed by atoms with van der Waals surface area (Å²) in [7, 11) is 0. The molecule has 1 aromatic carbocycles. The lowest BCUT2D eigenvalue weighted by atomic mass is 10.2. The van der Waals surface area contributed by atoms with E-state index in [2.05, 4.69) is 0 Å². The molecule has 1 aromatic rings. The number of non-ortho nitro benzene ring substituents is 1. The van der Waals surface area contributed by atoms with Gasteiger partial charge in [-0.05, 0) is 13.0 Å². The number of hydrogen-bond acceptors (Lipinski definition) is 6. The molecule has 0 aromatic heterocycles. The van der Waals surface area contributed by atoms with Crippen molar-refractivity contribution in [2.24, 2.45) is 0 Å². The first kappa shape index (κ1) is 14.2. The van der Waals surface area contributed by atoms with Gasteiger partial charge in [0.2, 0.25) is 0 Å². The van der Waals surface area contributed by atoms with Crippen molar-refractivity contribution in [3.8, 4) is 0 Å². The van der Waals surface area contributed by atoms with E-state index in [1.165, 1.54) is 18.2 Å². The highest BCUT2D eigenvalue weighted by molar-refractivity contribution is 8.00. The van der Waals surface area contributed by atoms with Gasteiger partial charge in [0, 0.05) is 22.6 Å².